The van der Waals surface area contributed by atoms with Crippen LogP contribution >= 0.6 is 0 Å². The first kappa shape index (κ1) is 17.0. The molecule has 0 aromatic carbocycles. The molecule has 3 heterocycles. The van der Waals surface area contributed by atoms with Crippen molar-refractivity contribution in [1.29, 1.82) is 0 Å². The molecule has 2 aromatic heterocycles. The van der Waals surface area contributed by atoms with Gasteiger partial charge in [-0.3, -0.25) is 14.7 Å². The van der Waals surface area contributed by atoms with Crippen LogP contribution in [0.4, 0.5) is 0 Å². The Morgan fingerprint density at radius 1 is 1.23 bits per heavy atom. The average Bonchev–Trinajstić information content (AvgIpc) is 3.15. The van der Waals surface area contributed by atoms with Crippen LogP contribution < -0.4 is 4.74 Å². The normalized spacial score (nSPS) is 25.2. The van der Waals surface area contributed by atoms with Crippen LogP contribution in [0.15, 0.2) is 36.7 Å². The fourth-order valence-corrected chi connectivity index (χ4v) is 4.18. The van der Waals surface area contributed by atoms with E-state index in [0.717, 1.165) is 37.4 Å². The fourth-order valence-electron chi connectivity index (χ4n) is 4.18. The summed E-state index contributed by atoms with van der Waals surface area (Å²) in [6.45, 7) is 4.22. The first-order chi connectivity index (χ1) is 12.6. The van der Waals surface area contributed by atoms with Gasteiger partial charge >= 0.3 is 0 Å². The van der Waals surface area contributed by atoms with Crippen LogP contribution in [0, 0.1) is 18.8 Å². The van der Waals surface area contributed by atoms with Crippen molar-refractivity contribution in [2.24, 2.45) is 11.8 Å². The molecule has 4 rings (SSSR count). The van der Waals surface area contributed by atoms with Gasteiger partial charge in [0, 0.05) is 19.3 Å². The Balaban J connectivity index is 1.30. The van der Waals surface area contributed by atoms with Gasteiger partial charge in [0.1, 0.15) is 17.2 Å². The summed E-state index contributed by atoms with van der Waals surface area (Å²) in [6.07, 6.45) is 5.39. The molecule has 0 radical (unpaired) electrons. The third-order valence-electron chi connectivity index (χ3n) is 5.44. The van der Waals surface area contributed by atoms with Crippen molar-refractivity contribution < 1.29 is 14.6 Å². The third-order valence-corrected chi connectivity index (χ3v) is 5.44. The summed E-state index contributed by atoms with van der Waals surface area (Å²) < 4.78 is 6.16. The Bertz CT molecular complexity index is 779. The largest absolute Gasteiger partial charge is 0.506 e. The summed E-state index contributed by atoms with van der Waals surface area (Å²) in [4.78, 5) is 22.9. The Hall–Kier alpha value is -2.47. The van der Waals surface area contributed by atoms with E-state index in [1.807, 2.05) is 19.1 Å². The number of ether oxygens (including phenoxy) is 1. The molecular formula is C20H23N3O3. The average molecular weight is 353 g/mol. The van der Waals surface area contributed by atoms with Gasteiger partial charge < -0.3 is 9.84 Å². The number of pyridine rings is 2. The third kappa shape index (κ3) is 3.55. The zero-order valence-electron chi connectivity index (χ0n) is 14.8. The Labute approximate surface area is 152 Å². The number of carbonyl (C=O) groups is 1. The lowest BCUT2D eigenvalue weighted by Gasteiger charge is -2.19. The maximum Gasteiger partial charge on any atom is 0.195 e. The second kappa shape index (κ2) is 7.03. The lowest BCUT2D eigenvalue weighted by molar-refractivity contribution is 0.0931. The molecule has 2 fully saturated rings. The molecule has 0 spiro atoms. The van der Waals surface area contributed by atoms with E-state index in [4.69, 9.17) is 4.74 Å². The molecule has 1 N–H and O–H groups in total. The number of carbonyl (C=O) groups excluding carboxylic acids is 1. The molecule has 6 heteroatoms. The number of fused-ring (bicyclic) bond motifs is 1. The molecule has 2 aromatic rings. The molecule has 1 unspecified atom stereocenters. The van der Waals surface area contributed by atoms with E-state index in [1.54, 1.807) is 12.3 Å². The highest BCUT2D eigenvalue weighted by molar-refractivity contribution is 5.95. The van der Waals surface area contributed by atoms with Gasteiger partial charge in [0.2, 0.25) is 0 Å². The van der Waals surface area contributed by atoms with Crippen LogP contribution in [0.2, 0.25) is 0 Å². The molecule has 3 atom stereocenters. The molecule has 1 aliphatic carbocycles. The number of hydrogen-bond donors (Lipinski definition) is 1. The fraction of sp³-hybridized carbons (Fsp3) is 0.450. The number of rotatable bonds is 5. The van der Waals surface area contributed by atoms with Gasteiger partial charge in [0.25, 0.3) is 0 Å². The van der Waals surface area contributed by atoms with Crippen molar-refractivity contribution >= 4 is 5.78 Å². The van der Waals surface area contributed by atoms with E-state index < -0.39 is 0 Å². The number of aromatic hydroxyl groups is 1. The number of nitrogens with zero attached hydrogens (tertiary/aromatic N) is 3. The summed E-state index contributed by atoms with van der Waals surface area (Å²) in [5.74, 6) is 2.12. The smallest absolute Gasteiger partial charge is 0.195 e. The number of likely N-dealkylation sites (tertiary alicyclic amines) is 1. The summed E-state index contributed by atoms with van der Waals surface area (Å²) in [5, 5.41) is 9.28. The standard InChI is InChI=1S/C20H23N3O3/c1-13-20(3-2-6-21-13)26-17-7-14-10-23(11-15(14)8-17)12-19(25)18-5-4-16(24)9-22-18/h2-6,9,14-15,17,24H,7-8,10-12H2,1H3/t14-,15+,17?. The van der Waals surface area contributed by atoms with E-state index in [2.05, 4.69) is 14.9 Å². The molecule has 0 amide bonds. The molecule has 6 nitrogen and oxygen atoms in total. The van der Waals surface area contributed by atoms with Gasteiger partial charge in [-0.2, -0.15) is 0 Å². The summed E-state index contributed by atoms with van der Waals surface area (Å²) in [6, 6.07) is 6.96. The van der Waals surface area contributed by atoms with E-state index >= 15 is 0 Å². The number of aryl methyl sites for hydroxylation is 1. The van der Waals surface area contributed by atoms with Gasteiger partial charge in [-0.25, -0.2) is 4.98 Å². The van der Waals surface area contributed by atoms with Crippen molar-refractivity contribution in [3.8, 4) is 11.5 Å². The second-order valence-electron chi connectivity index (χ2n) is 7.34. The van der Waals surface area contributed by atoms with Crippen molar-refractivity contribution in [3.63, 3.8) is 0 Å². The van der Waals surface area contributed by atoms with Crippen molar-refractivity contribution in [1.82, 2.24) is 14.9 Å². The second-order valence-corrected chi connectivity index (χ2v) is 7.34. The number of hydrogen-bond acceptors (Lipinski definition) is 6. The Morgan fingerprint density at radius 2 is 2.00 bits per heavy atom. The van der Waals surface area contributed by atoms with Gasteiger partial charge in [-0.05, 0) is 55.9 Å². The SMILES string of the molecule is Cc1ncccc1OC1C[C@@H]2CN(CC(=O)c3ccc(O)cn3)C[C@@H]2C1. The summed E-state index contributed by atoms with van der Waals surface area (Å²) >= 11 is 0. The molecule has 2 aliphatic rings. The van der Waals surface area contributed by atoms with E-state index in [1.165, 1.54) is 12.3 Å². The van der Waals surface area contributed by atoms with Gasteiger partial charge in [-0.15, -0.1) is 0 Å². The van der Waals surface area contributed by atoms with E-state index in [9.17, 15) is 9.90 Å². The van der Waals surface area contributed by atoms with E-state index in [0.29, 0.717) is 24.1 Å². The predicted octanol–water partition coefficient (Wildman–Crippen LogP) is 2.46. The topological polar surface area (TPSA) is 75.5 Å². The minimum Gasteiger partial charge on any atom is -0.506 e. The van der Waals surface area contributed by atoms with Crippen LogP contribution in [0.3, 0.4) is 0 Å². The highest BCUT2D eigenvalue weighted by Gasteiger charge is 2.42. The van der Waals surface area contributed by atoms with Crippen LogP contribution in [0.1, 0.15) is 29.0 Å². The molecule has 1 saturated carbocycles. The van der Waals surface area contributed by atoms with E-state index in [-0.39, 0.29) is 17.6 Å². The van der Waals surface area contributed by atoms with Crippen molar-refractivity contribution in [3.05, 3.63) is 48.0 Å². The van der Waals surface area contributed by atoms with Gasteiger partial charge in [0.05, 0.1) is 24.5 Å². The zero-order chi connectivity index (χ0) is 18.1. The molecular weight excluding hydrogens is 330 g/mol. The first-order valence-corrected chi connectivity index (χ1v) is 9.07. The van der Waals surface area contributed by atoms with Crippen molar-refractivity contribution in [2.45, 2.75) is 25.9 Å². The number of Topliss-reactive ketones (excluding diaryl/α,β-unsaturated/α-hetero) is 1. The molecule has 1 saturated heterocycles. The number of aromatic nitrogens is 2. The molecule has 0 bridgehead atoms. The number of ketones is 1. The van der Waals surface area contributed by atoms with Crippen LogP contribution in [0.25, 0.3) is 0 Å². The van der Waals surface area contributed by atoms with Crippen LogP contribution in [-0.2, 0) is 0 Å². The summed E-state index contributed by atoms with van der Waals surface area (Å²) in [5.41, 5.74) is 1.34. The van der Waals surface area contributed by atoms with Crippen LogP contribution in [0.5, 0.6) is 11.5 Å². The Kier molecular flexibility index (Phi) is 4.59. The monoisotopic (exact) mass is 353 g/mol. The van der Waals surface area contributed by atoms with Crippen molar-refractivity contribution in [2.75, 3.05) is 19.6 Å². The highest BCUT2D eigenvalue weighted by atomic mass is 16.5. The minimum atomic E-state index is 0.00348. The quantitative estimate of drug-likeness (QED) is 0.832. The van der Waals surface area contributed by atoms with Crippen LogP contribution in [-0.4, -0.2) is 51.5 Å². The maximum absolute atomic E-state index is 12.4. The highest BCUT2D eigenvalue weighted by Crippen LogP contribution is 2.40. The van der Waals surface area contributed by atoms with Gasteiger partial charge in [0.15, 0.2) is 5.78 Å². The van der Waals surface area contributed by atoms with Gasteiger partial charge in [-0.1, -0.05) is 0 Å². The Morgan fingerprint density at radius 3 is 2.65 bits per heavy atom. The zero-order valence-corrected chi connectivity index (χ0v) is 14.8. The minimum absolute atomic E-state index is 0.00348. The molecule has 26 heavy (non-hydrogen) atoms. The lowest BCUT2D eigenvalue weighted by atomic mass is 10.0. The summed E-state index contributed by atoms with van der Waals surface area (Å²) in [7, 11) is 0. The maximum atomic E-state index is 12.4. The molecule has 136 valence electrons. The molecule has 1 aliphatic heterocycles. The predicted molar refractivity (Wildman–Crippen MR) is 96.3 cm³/mol. The first-order valence-electron chi connectivity index (χ1n) is 9.07. The lowest BCUT2D eigenvalue weighted by Crippen LogP contribution is -2.30.